The van der Waals surface area contributed by atoms with Gasteiger partial charge in [0.05, 0.1) is 5.69 Å². The molecule has 0 unspecified atom stereocenters. The van der Waals surface area contributed by atoms with Gasteiger partial charge in [-0.3, -0.25) is 4.68 Å². The van der Waals surface area contributed by atoms with E-state index in [1.54, 1.807) is 11.3 Å². The molecule has 0 saturated carbocycles. The molecule has 4 nitrogen and oxygen atoms in total. The lowest BCUT2D eigenvalue weighted by Gasteiger charge is -1.99. The number of aromatic nitrogens is 3. The van der Waals surface area contributed by atoms with E-state index in [9.17, 15) is 0 Å². The van der Waals surface area contributed by atoms with Crippen molar-refractivity contribution in [1.82, 2.24) is 14.8 Å². The van der Waals surface area contributed by atoms with Crippen LogP contribution in [0.4, 0.5) is 5.13 Å². The number of anilines is 1. The Bertz CT molecular complexity index is 458. The zero-order valence-electron chi connectivity index (χ0n) is 9.11. The van der Waals surface area contributed by atoms with Crippen LogP contribution in [0.3, 0.4) is 0 Å². The molecule has 2 aromatic heterocycles. The zero-order chi connectivity index (χ0) is 10.8. The minimum absolute atomic E-state index is 0.784. The minimum Gasteiger partial charge on any atom is -0.357 e. The van der Waals surface area contributed by atoms with E-state index in [2.05, 4.69) is 22.3 Å². The number of rotatable bonds is 3. The van der Waals surface area contributed by atoms with Gasteiger partial charge in [0.2, 0.25) is 0 Å². The Morgan fingerprint density at radius 2 is 2.27 bits per heavy atom. The third-order valence-corrected chi connectivity index (χ3v) is 3.04. The van der Waals surface area contributed by atoms with E-state index in [0.717, 1.165) is 17.4 Å². The van der Waals surface area contributed by atoms with Crippen LogP contribution in [-0.4, -0.2) is 14.8 Å². The van der Waals surface area contributed by atoms with Gasteiger partial charge in [-0.25, -0.2) is 4.98 Å². The Hall–Kier alpha value is -1.36. The van der Waals surface area contributed by atoms with Crippen molar-refractivity contribution >= 4 is 16.5 Å². The molecule has 0 aromatic carbocycles. The smallest absolute Gasteiger partial charge is 0.183 e. The van der Waals surface area contributed by atoms with Crippen molar-refractivity contribution in [2.75, 3.05) is 5.32 Å². The van der Waals surface area contributed by atoms with Gasteiger partial charge in [0.1, 0.15) is 0 Å². The van der Waals surface area contributed by atoms with E-state index in [1.807, 2.05) is 31.0 Å². The Morgan fingerprint density at radius 1 is 1.47 bits per heavy atom. The van der Waals surface area contributed by atoms with Crippen LogP contribution in [0.5, 0.6) is 0 Å². The van der Waals surface area contributed by atoms with E-state index < -0.39 is 0 Å². The summed E-state index contributed by atoms with van der Waals surface area (Å²) in [5.41, 5.74) is 2.28. The van der Waals surface area contributed by atoms with Crippen molar-refractivity contribution in [3.63, 3.8) is 0 Å². The molecule has 0 spiro atoms. The van der Waals surface area contributed by atoms with Crippen LogP contribution in [-0.2, 0) is 13.6 Å². The quantitative estimate of drug-likeness (QED) is 0.865. The monoisotopic (exact) mass is 222 g/mol. The highest BCUT2D eigenvalue weighted by Gasteiger charge is 2.03. The predicted octanol–water partition coefficient (Wildman–Crippen LogP) is 2.11. The number of nitrogens with zero attached hydrogens (tertiary/aromatic N) is 3. The fourth-order valence-corrected chi connectivity index (χ4v) is 2.09. The molecule has 0 atom stereocenters. The fraction of sp³-hybridized carbons (Fsp3) is 0.400. The lowest BCUT2D eigenvalue weighted by molar-refractivity contribution is 0.756. The summed E-state index contributed by atoms with van der Waals surface area (Å²) in [6, 6.07) is 0. The van der Waals surface area contributed by atoms with Crippen molar-refractivity contribution in [3.8, 4) is 0 Å². The first-order chi connectivity index (χ1) is 7.15. The minimum atomic E-state index is 0.784. The summed E-state index contributed by atoms with van der Waals surface area (Å²) in [6.45, 7) is 4.86. The Balaban J connectivity index is 2.01. The highest BCUT2D eigenvalue weighted by atomic mass is 32.1. The van der Waals surface area contributed by atoms with Crippen LogP contribution in [0.2, 0.25) is 0 Å². The molecule has 15 heavy (non-hydrogen) atoms. The molecule has 2 rings (SSSR count). The normalized spacial score (nSPS) is 10.6. The molecule has 0 saturated heterocycles. The Morgan fingerprint density at radius 3 is 2.80 bits per heavy atom. The number of aryl methyl sites for hydroxylation is 3. The van der Waals surface area contributed by atoms with Gasteiger partial charge < -0.3 is 5.32 Å². The highest BCUT2D eigenvalue weighted by molar-refractivity contribution is 7.15. The predicted molar refractivity (Wildman–Crippen MR) is 62.1 cm³/mol. The van der Waals surface area contributed by atoms with Gasteiger partial charge in [-0.1, -0.05) is 0 Å². The molecule has 2 aromatic rings. The second-order valence-electron chi connectivity index (χ2n) is 3.54. The average Bonchev–Trinajstić information content (AvgIpc) is 2.70. The standard InChI is InChI=1S/C10H14N4S/c1-7-4-11-10(15-7)12-5-9-6-14(3)13-8(9)2/h4,6H,5H2,1-3H3,(H,11,12). The van der Waals surface area contributed by atoms with E-state index in [-0.39, 0.29) is 0 Å². The summed E-state index contributed by atoms with van der Waals surface area (Å²) in [5, 5.41) is 8.55. The van der Waals surface area contributed by atoms with Gasteiger partial charge >= 0.3 is 0 Å². The Kier molecular flexibility index (Phi) is 2.73. The molecule has 80 valence electrons. The molecule has 0 aliphatic carbocycles. The van der Waals surface area contributed by atoms with Crippen molar-refractivity contribution in [1.29, 1.82) is 0 Å². The van der Waals surface area contributed by atoms with Crippen LogP contribution in [0.25, 0.3) is 0 Å². The van der Waals surface area contributed by atoms with Crippen molar-refractivity contribution < 1.29 is 0 Å². The second-order valence-corrected chi connectivity index (χ2v) is 4.78. The van der Waals surface area contributed by atoms with Crippen molar-refractivity contribution in [2.24, 2.45) is 7.05 Å². The molecule has 5 heteroatoms. The molecule has 0 aliphatic rings. The zero-order valence-corrected chi connectivity index (χ0v) is 9.93. The first-order valence-corrected chi connectivity index (χ1v) is 5.62. The van der Waals surface area contributed by atoms with E-state index in [1.165, 1.54) is 10.4 Å². The maximum absolute atomic E-state index is 4.29. The number of hydrogen-bond acceptors (Lipinski definition) is 4. The summed E-state index contributed by atoms with van der Waals surface area (Å²) in [7, 11) is 1.93. The van der Waals surface area contributed by atoms with Gasteiger partial charge in [-0.2, -0.15) is 5.10 Å². The summed E-state index contributed by atoms with van der Waals surface area (Å²) < 4.78 is 1.83. The molecule has 0 bridgehead atoms. The molecule has 0 aliphatic heterocycles. The fourth-order valence-electron chi connectivity index (χ4n) is 1.43. The van der Waals surface area contributed by atoms with Gasteiger partial charge in [-0.15, -0.1) is 11.3 Å². The summed E-state index contributed by atoms with van der Waals surface area (Å²) in [4.78, 5) is 5.47. The SMILES string of the molecule is Cc1cnc(NCc2cn(C)nc2C)s1. The number of nitrogens with one attached hydrogen (secondary N) is 1. The third kappa shape index (κ3) is 2.36. The first-order valence-electron chi connectivity index (χ1n) is 4.80. The highest BCUT2D eigenvalue weighted by Crippen LogP contribution is 2.17. The van der Waals surface area contributed by atoms with Gasteiger partial charge in [-0.05, 0) is 13.8 Å². The largest absolute Gasteiger partial charge is 0.357 e. The van der Waals surface area contributed by atoms with Gasteiger partial charge in [0, 0.05) is 36.4 Å². The van der Waals surface area contributed by atoms with E-state index in [0.29, 0.717) is 0 Å². The van der Waals surface area contributed by atoms with Crippen LogP contribution in [0.15, 0.2) is 12.4 Å². The van der Waals surface area contributed by atoms with E-state index in [4.69, 9.17) is 0 Å². The lowest BCUT2D eigenvalue weighted by atomic mass is 10.3. The number of hydrogen-bond donors (Lipinski definition) is 1. The maximum Gasteiger partial charge on any atom is 0.183 e. The maximum atomic E-state index is 4.29. The molecular formula is C10H14N4S. The summed E-state index contributed by atoms with van der Waals surface area (Å²) in [5.74, 6) is 0. The van der Waals surface area contributed by atoms with Crippen molar-refractivity contribution in [3.05, 3.63) is 28.5 Å². The van der Waals surface area contributed by atoms with Crippen LogP contribution in [0.1, 0.15) is 16.1 Å². The third-order valence-electron chi connectivity index (χ3n) is 2.17. The van der Waals surface area contributed by atoms with E-state index >= 15 is 0 Å². The average molecular weight is 222 g/mol. The topological polar surface area (TPSA) is 42.7 Å². The van der Waals surface area contributed by atoms with Crippen molar-refractivity contribution in [2.45, 2.75) is 20.4 Å². The molecule has 0 amide bonds. The lowest BCUT2D eigenvalue weighted by Crippen LogP contribution is -1.98. The van der Waals surface area contributed by atoms with Crippen LogP contribution >= 0.6 is 11.3 Å². The van der Waals surface area contributed by atoms with Crippen LogP contribution < -0.4 is 5.32 Å². The van der Waals surface area contributed by atoms with Crippen LogP contribution in [0, 0.1) is 13.8 Å². The molecule has 0 fully saturated rings. The molecule has 2 heterocycles. The molecular weight excluding hydrogens is 208 g/mol. The molecule has 0 radical (unpaired) electrons. The summed E-state index contributed by atoms with van der Waals surface area (Å²) >= 11 is 1.67. The molecule has 1 N–H and O–H groups in total. The first kappa shape index (κ1) is 10.2. The number of thiazole rings is 1. The van der Waals surface area contributed by atoms with Gasteiger partial charge in [0.15, 0.2) is 5.13 Å². The Labute approximate surface area is 93.0 Å². The summed E-state index contributed by atoms with van der Waals surface area (Å²) in [6.07, 6.45) is 3.91. The second kappa shape index (κ2) is 4.02. The van der Waals surface area contributed by atoms with Gasteiger partial charge in [0.25, 0.3) is 0 Å².